The molecular formula is C18H25N5O. The molecule has 128 valence electrons. The van der Waals surface area contributed by atoms with E-state index in [-0.39, 0.29) is 5.91 Å². The predicted octanol–water partition coefficient (Wildman–Crippen LogP) is 3.03. The highest BCUT2D eigenvalue weighted by Gasteiger charge is 2.09. The molecule has 0 bridgehead atoms. The number of hydrogen-bond donors (Lipinski definition) is 1. The normalized spacial score (nSPS) is 10.3. The highest BCUT2D eigenvalue weighted by atomic mass is 16.1. The fraction of sp³-hybridized carbons (Fsp3) is 0.389. The second kappa shape index (κ2) is 8.29. The van der Waals surface area contributed by atoms with E-state index in [4.69, 9.17) is 0 Å². The van der Waals surface area contributed by atoms with Crippen molar-refractivity contribution in [3.63, 3.8) is 0 Å². The van der Waals surface area contributed by atoms with E-state index in [0.717, 1.165) is 30.8 Å². The van der Waals surface area contributed by atoms with Crippen LogP contribution in [0.1, 0.15) is 30.1 Å². The van der Waals surface area contributed by atoms with Gasteiger partial charge in [-0.1, -0.05) is 13.3 Å². The van der Waals surface area contributed by atoms with Crippen LogP contribution in [0.4, 0.5) is 17.3 Å². The van der Waals surface area contributed by atoms with E-state index in [1.807, 2.05) is 55.2 Å². The summed E-state index contributed by atoms with van der Waals surface area (Å²) in [4.78, 5) is 24.8. The van der Waals surface area contributed by atoms with E-state index < -0.39 is 0 Å². The number of anilines is 3. The van der Waals surface area contributed by atoms with Crippen molar-refractivity contribution in [1.82, 2.24) is 9.97 Å². The molecule has 6 nitrogen and oxygen atoms in total. The molecule has 0 radical (unpaired) electrons. The Morgan fingerprint density at radius 1 is 1.08 bits per heavy atom. The minimum Gasteiger partial charge on any atom is -0.378 e. The third-order valence-electron chi connectivity index (χ3n) is 3.73. The van der Waals surface area contributed by atoms with Gasteiger partial charge in [0.2, 0.25) is 5.95 Å². The van der Waals surface area contributed by atoms with Gasteiger partial charge in [0.05, 0.1) is 5.56 Å². The van der Waals surface area contributed by atoms with Gasteiger partial charge in [-0.25, -0.2) is 9.97 Å². The van der Waals surface area contributed by atoms with Crippen molar-refractivity contribution < 1.29 is 4.79 Å². The molecule has 0 unspecified atom stereocenters. The second-order valence-corrected chi connectivity index (χ2v) is 5.94. The number of nitrogens with one attached hydrogen (secondary N) is 1. The quantitative estimate of drug-likeness (QED) is 0.847. The van der Waals surface area contributed by atoms with Crippen molar-refractivity contribution in [2.75, 3.05) is 42.8 Å². The van der Waals surface area contributed by atoms with Crippen molar-refractivity contribution in [2.45, 2.75) is 19.8 Å². The maximum atomic E-state index is 12.3. The number of unbranched alkanes of at least 4 members (excludes halogenated alkanes) is 1. The van der Waals surface area contributed by atoms with Crippen LogP contribution in [0.3, 0.4) is 0 Å². The summed E-state index contributed by atoms with van der Waals surface area (Å²) in [6.07, 6.45) is 5.34. The summed E-state index contributed by atoms with van der Waals surface area (Å²) in [6.45, 7) is 3.05. The van der Waals surface area contributed by atoms with Gasteiger partial charge in [-0.2, -0.15) is 0 Å². The molecule has 2 aromatic rings. The average molecular weight is 327 g/mol. The predicted molar refractivity (Wildman–Crippen MR) is 98.9 cm³/mol. The van der Waals surface area contributed by atoms with Crippen LogP contribution in [-0.4, -0.2) is 43.6 Å². The molecule has 0 fully saturated rings. The first-order valence-corrected chi connectivity index (χ1v) is 8.13. The fourth-order valence-corrected chi connectivity index (χ4v) is 2.18. The number of carbonyl (C=O) groups excluding carboxylic acids is 1. The van der Waals surface area contributed by atoms with Gasteiger partial charge in [0.15, 0.2) is 0 Å². The minimum atomic E-state index is -0.213. The third kappa shape index (κ3) is 4.68. The van der Waals surface area contributed by atoms with Crippen LogP contribution >= 0.6 is 0 Å². The van der Waals surface area contributed by atoms with Crippen molar-refractivity contribution >= 4 is 23.2 Å². The summed E-state index contributed by atoms with van der Waals surface area (Å²) in [5.41, 5.74) is 2.27. The molecule has 0 saturated carbocycles. The first kappa shape index (κ1) is 17.7. The molecule has 0 atom stereocenters. The number of hydrogen-bond acceptors (Lipinski definition) is 5. The highest BCUT2D eigenvalue weighted by Crippen LogP contribution is 2.16. The zero-order valence-corrected chi connectivity index (χ0v) is 14.8. The number of nitrogens with zero attached hydrogens (tertiary/aromatic N) is 4. The maximum absolute atomic E-state index is 12.3. The first-order chi connectivity index (χ1) is 11.5. The van der Waals surface area contributed by atoms with Crippen LogP contribution in [0.15, 0.2) is 36.7 Å². The molecule has 0 aliphatic heterocycles. The van der Waals surface area contributed by atoms with Gasteiger partial charge in [-0.3, -0.25) is 4.79 Å². The fourth-order valence-electron chi connectivity index (χ4n) is 2.18. The zero-order chi connectivity index (χ0) is 17.5. The van der Waals surface area contributed by atoms with E-state index in [1.54, 1.807) is 12.4 Å². The Labute approximate surface area is 143 Å². The Balaban J connectivity index is 1.99. The van der Waals surface area contributed by atoms with Crippen LogP contribution in [0.5, 0.6) is 0 Å². The van der Waals surface area contributed by atoms with Gasteiger partial charge in [0, 0.05) is 51.5 Å². The standard InChI is InChI=1S/C18H25N5O/c1-5-6-11-23(4)18-19-12-14(13-20-18)17(24)21-15-7-9-16(10-8-15)22(2)3/h7-10,12-13H,5-6,11H2,1-4H3,(H,21,24). The number of carbonyl (C=O) groups is 1. The van der Waals surface area contributed by atoms with E-state index in [2.05, 4.69) is 22.2 Å². The Morgan fingerprint density at radius 3 is 2.25 bits per heavy atom. The topological polar surface area (TPSA) is 61.4 Å². The molecule has 0 aliphatic rings. The van der Waals surface area contributed by atoms with Crippen molar-refractivity contribution in [1.29, 1.82) is 0 Å². The highest BCUT2D eigenvalue weighted by molar-refractivity contribution is 6.03. The Morgan fingerprint density at radius 2 is 1.71 bits per heavy atom. The summed E-state index contributed by atoms with van der Waals surface area (Å²) in [7, 11) is 5.91. The SMILES string of the molecule is CCCCN(C)c1ncc(C(=O)Nc2ccc(N(C)C)cc2)cn1. The summed E-state index contributed by atoms with van der Waals surface area (Å²) in [6, 6.07) is 7.66. The third-order valence-corrected chi connectivity index (χ3v) is 3.73. The monoisotopic (exact) mass is 327 g/mol. The molecule has 0 spiro atoms. The van der Waals surface area contributed by atoms with Gasteiger partial charge in [-0.05, 0) is 30.7 Å². The van der Waals surface area contributed by atoms with Crippen LogP contribution in [-0.2, 0) is 0 Å². The molecule has 24 heavy (non-hydrogen) atoms. The van der Waals surface area contributed by atoms with Gasteiger partial charge in [0.25, 0.3) is 5.91 Å². The number of amides is 1. The molecule has 1 heterocycles. The van der Waals surface area contributed by atoms with E-state index >= 15 is 0 Å². The van der Waals surface area contributed by atoms with Gasteiger partial charge in [0.1, 0.15) is 0 Å². The summed E-state index contributed by atoms with van der Waals surface area (Å²) in [5, 5.41) is 2.86. The summed E-state index contributed by atoms with van der Waals surface area (Å²) >= 11 is 0. The summed E-state index contributed by atoms with van der Waals surface area (Å²) < 4.78 is 0. The van der Waals surface area contributed by atoms with Crippen LogP contribution < -0.4 is 15.1 Å². The smallest absolute Gasteiger partial charge is 0.258 e. The number of rotatable bonds is 7. The molecule has 1 aromatic heterocycles. The lowest BCUT2D eigenvalue weighted by atomic mass is 10.2. The maximum Gasteiger partial charge on any atom is 0.258 e. The molecular weight excluding hydrogens is 302 g/mol. The minimum absolute atomic E-state index is 0.213. The average Bonchev–Trinajstić information content (AvgIpc) is 2.60. The molecule has 1 amide bonds. The lowest BCUT2D eigenvalue weighted by Crippen LogP contribution is -2.21. The summed E-state index contributed by atoms with van der Waals surface area (Å²) in [5.74, 6) is 0.422. The van der Waals surface area contributed by atoms with E-state index in [0.29, 0.717) is 11.5 Å². The first-order valence-electron chi connectivity index (χ1n) is 8.13. The van der Waals surface area contributed by atoms with Gasteiger partial charge >= 0.3 is 0 Å². The van der Waals surface area contributed by atoms with Crippen LogP contribution in [0.25, 0.3) is 0 Å². The van der Waals surface area contributed by atoms with Crippen molar-refractivity contribution in [3.05, 3.63) is 42.2 Å². The lowest BCUT2D eigenvalue weighted by Gasteiger charge is -2.16. The van der Waals surface area contributed by atoms with Crippen LogP contribution in [0.2, 0.25) is 0 Å². The largest absolute Gasteiger partial charge is 0.378 e. The molecule has 1 aromatic carbocycles. The Hall–Kier alpha value is -2.63. The van der Waals surface area contributed by atoms with Crippen LogP contribution in [0, 0.1) is 0 Å². The van der Waals surface area contributed by atoms with Gasteiger partial charge in [-0.15, -0.1) is 0 Å². The molecule has 1 N–H and O–H groups in total. The van der Waals surface area contributed by atoms with E-state index in [9.17, 15) is 4.79 Å². The molecule has 6 heteroatoms. The Bertz CT molecular complexity index is 652. The van der Waals surface area contributed by atoms with Crippen molar-refractivity contribution in [2.24, 2.45) is 0 Å². The number of benzene rings is 1. The zero-order valence-electron chi connectivity index (χ0n) is 14.8. The molecule has 0 saturated heterocycles. The lowest BCUT2D eigenvalue weighted by molar-refractivity contribution is 0.102. The van der Waals surface area contributed by atoms with Crippen molar-refractivity contribution in [3.8, 4) is 0 Å². The second-order valence-electron chi connectivity index (χ2n) is 5.94. The van der Waals surface area contributed by atoms with E-state index in [1.165, 1.54) is 0 Å². The number of aromatic nitrogens is 2. The molecule has 0 aliphatic carbocycles. The Kier molecular flexibility index (Phi) is 6.12. The molecule has 2 rings (SSSR count). The van der Waals surface area contributed by atoms with Gasteiger partial charge < -0.3 is 15.1 Å².